The number of fused-ring (bicyclic) bond motifs is 5. The van der Waals surface area contributed by atoms with E-state index >= 15 is 8.78 Å². The second-order valence-corrected chi connectivity index (χ2v) is 16.8. The molecule has 9 rings (SSSR count). The van der Waals surface area contributed by atoms with Crippen LogP contribution in [-0.4, -0.2) is 105 Å². The molecule has 5 unspecified atom stereocenters. The van der Waals surface area contributed by atoms with Crippen molar-refractivity contribution in [2.75, 3.05) is 37.7 Å². The second-order valence-electron chi connectivity index (χ2n) is 16.8. The smallest absolute Gasteiger partial charge is 0.413 e. The summed E-state index contributed by atoms with van der Waals surface area (Å²) in [5.74, 6) is -2.82. The van der Waals surface area contributed by atoms with Crippen LogP contribution in [-0.2, 0) is 14.3 Å². The number of amides is 1. The lowest BCUT2D eigenvalue weighted by Crippen LogP contribution is -2.56. The van der Waals surface area contributed by atoms with Crippen molar-refractivity contribution < 1.29 is 46.5 Å². The Morgan fingerprint density at radius 3 is 2.50 bits per heavy atom. The largest absolute Gasteiger partial charge is 0.508 e. The Hall–Kier alpha value is -5.43. The molecule has 16 heteroatoms. The van der Waals surface area contributed by atoms with Crippen molar-refractivity contribution in [3.8, 4) is 35.4 Å². The maximum Gasteiger partial charge on any atom is 0.413 e. The summed E-state index contributed by atoms with van der Waals surface area (Å²) >= 11 is 0. The molecule has 4 aromatic rings. The molecule has 2 aromatic heterocycles. The molecule has 5 fully saturated rings. The number of hydrogen-bond donors (Lipinski definition) is 1. The van der Waals surface area contributed by atoms with E-state index in [1.165, 1.54) is 37.4 Å². The summed E-state index contributed by atoms with van der Waals surface area (Å²) in [6, 6.07) is 4.42. The molecular formula is C42H42F4N6O6. The van der Waals surface area contributed by atoms with Crippen molar-refractivity contribution in [1.82, 2.24) is 24.8 Å². The molecule has 304 valence electrons. The molecule has 1 N–H and O–H groups in total. The van der Waals surface area contributed by atoms with Crippen LogP contribution in [0.4, 0.5) is 28.2 Å². The molecule has 2 aromatic carbocycles. The number of carbonyl (C=O) groups excluding carboxylic acids is 2. The molecule has 6 heterocycles. The fourth-order valence-corrected chi connectivity index (χ4v) is 9.82. The number of benzene rings is 2. The van der Waals surface area contributed by atoms with Crippen molar-refractivity contribution in [3.05, 3.63) is 47.7 Å². The molecule has 1 saturated carbocycles. The Labute approximate surface area is 331 Å². The van der Waals surface area contributed by atoms with Gasteiger partial charge in [0.25, 0.3) is 5.92 Å². The number of halogens is 4. The van der Waals surface area contributed by atoms with Gasteiger partial charge in [-0.05, 0) is 62.2 Å². The minimum Gasteiger partial charge on any atom is -0.508 e. The highest BCUT2D eigenvalue weighted by Crippen LogP contribution is 2.69. The fraction of sp³-hybridized carbons (Fsp3) is 0.500. The van der Waals surface area contributed by atoms with E-state index in [9.17, 15) is 23.5 Å². The van der Waals surface area contributed by atoms with E-state index in [0.29, 0.717) is 31.2 Å². The van der Waals surface area contributed by atoms with Crippen molar-refractivity contribution in [2.24, 2.45) is 11.3 Å². The first-order valence-electron chi connectivity index (χ1n) is 19.6. The lowest BCUT2D eigenvalue weighted by Gasteiger charge is -2.41. The summed E-state index contributed by atoms with van der Waals surface area (Å²) in [7, 11) is 0. The Bertz CT molecular complexity index is 2410. The topological polar surface area (TPSA) is 130 Å². The SMILES string of the molecule is C#Cc1c(F)ccc2cc(O)cc(-c3ncc4c(N5CC6CCC(C5)N6C(=O)OC(C)OC(=O)C(C)C)nc(OCC56CCCN5CC5(C6)CC5(F)F)nc4c3F)c12. The van der Waals surface area contributed by atoms with Crippen LogP contribution in [0.15, 0.2) is 30.5 Å². The zero-order chi connectivity index (χ0) is 40.9. The first-order valence-corrected chi connectivity index (χ1v) is 19.6. The maximum atomic E-state index is 17.2. The molecule has 1 aliphatic carbocycles. The Balaban J connectivity index is 1.09. The molecule has 4 saturated heterocycles. The lowest BCUT2D eigenvalue weighted by atomic mass is 9.89. The molecule has 5 atom stereocenters. The van der Waals surface area contributed by atoms with E-state index < -0.39 is 52.8 Å². The van der Waals surface area contributed by atoms with Crippen LogP contribution < -0.4 is 9.64 Å². The molecule has 1 spiro atoms. The molecule has 2 bridgehead atoms. The predicted molar refractivity (Wildman–Crippen MR) is 203 cm³/mol. The predicted octanol–water partition coefficient (Wildman–Crippen LogP) is 6.79. The number of phenolic OH excluding ortho intramolecular Hbond substituents is 1. The summed E-state index contributed by atoms with van der Waals surface area (Å²) < 4.78 is 78.5. The number of terminal acetylenes is 1. The van der Waals surface area contributed by atoms with Gasteiger partial charge in [-0.25, -0.2) is 22.4 Å². The Morgan fingerprint density at radius 2 is 1.81 bits per heavy atom. The van der Waals surface area contributed by atoms with E-state index in [4.69, 9.17) is 25.6 Å². The maximum absolute atomic E-state index is 17.2. The summed E-state index contributed by atoms with van der Waals surface area (Å²) in [6.07, 6.45) is 8.27. The van der Waals surface area contributed by atoms with E-state index in [1.54, 1.807) is 18.7 Å². The first-order chi connectivity index (χ1) is 27.6. The number of alkyl halides is 2. The van der Waals surface area contributed by atoms with E-state index in [1.807, 2.05) is 4.90 Å². The zero-order valence-corrected chi connectivity index (χ0v) is 32.2. The van der Waals surface area contributed by atoms with Gasteiger partial charge in [0.2, 0.25) is 6.29 Å². The van der Waals surface area contributed by atoms with Gasteiger partial charge < -0.3 is 24.2 Å². The monoisotopic (exact) mass is 802 g/mol. The number of pyridine rings is 1. The fourth-order valence-electron chi connectivity index (χ4n) is 9.82. The van der Waals surface area contributed by atoms with Gasteiger partial charge in [0.1, 0.15) is 35.2 Å². The number of phenols is 1. The number of anilines is 1. The van der Waals surface area contributed by atoms with Crippen LogP contribution in [0, 0.1) is 35.3 Å². The molecular weight excluding hydrogens is 760 g/mol. The highest BCUT2D eigenvalue weighted by Gasteiger charge is 2.77. The van der Waals surface area contributed by atoms with Crippen LogP contribution in [0.2, 0.25) is 0 Å². The summed E-state index contributed by atoms with van der Waals surface area (Å²) in [5.41, 5.74) is -2.23. The molecule has 0 radical (unpaired) electrons. The van der Waals surface area contributed by atoms with Gasteiger partial charge in [-0.15, -0.1) is 6.42 Å². The van der Waals surface area contributed by atoms with Crippen LogP contribution in [0.25, 0.3) is 32.9 Å². The number of nitrogens with zero attached hydrogens (tertiary/aromatic N) is 6. The highest BCUT2D eigenvalue weighted by molar-refractivity contribution is 6.03. The number of hydrogen-bond acceptors (Lipinski definition) is 11. The number of piperazine rings is 1. The zero-order valence-electron chi connectivity index (χ0n) is 32.2. The minimum atomic E-state index is -2.73. The van der Waals surface area contributed by atoms with E-state index in [0.717, 1.165) is 6.42 Å². The lowest BCUT2D eigenvalue weighted by molar-refractivity contribution is -0.170. The van der Waals surface area contributed by atoms with Crippen molar-refractivity contribution >= 4 is 39.6 Å². The number of aromatic nitrogens is 3. The number of aromatic hydroxyl groups is 1. The molecule has 5 aliphatic rings. The van der Waals surface area contributed by atoms with Crippen LogP contribution in [0.5, 0.6) is 11.8 Å². The summed E-state index contributed by atoms with van der Waals surface area (Å²) in [6.45, 7) is 6.36. The van der Waals surface area contributed by atoms with Gasteiger partial charge in [-0.1, -0.05) is 25.8 Å². The third kappa shape index (κ3) is 6.11. The van der Waals surface area contributed by atoms with Gasteiger partial charge in [-0.3, -0.25) is 19.6 Å². The van der Waals surface area contributed by atoms with Gasteiger partial charge >= 0.3 is 18.1 Å². The molecule has 12 nitrogen and oxygen atoms in total. The molecule has 1 amide bonds. The van der Waals surface area contributed by atoms with Crippen molar-refractivity contribution in [2.45, 2.75) is 89.1 Å². The standard InChI is InChI=1S/C42H42F4N6O6/c1-5-28-31(43)10-7-24-13-27(53)14-29(32(24)28)34-33(44)35-30(15-47-34)36(49-38(48-35)56-21-41-11-6-12-51(41)20-40(18-41)19-42(40,45)46)50-16-25-8-9-26(17-50)52(25)39(55)58-23(4)57-37(54)22(2)3/h1,7,10,13-15,22-23,25-26,53H,6,8-9,11-12,16-21H2,2-4H3. The number of carbonyl (C=O) groups is 2. The highest BCUT2D eigenvalue weighted by atomic mass is 19.3. The normalized spacial score (nSPS) is 26.3. The van der Waals surface area contributed by atoms with Crippen molar-refractivity contribution in [1.29, 1.82) is 0 Å². The molecule has 4 aliphatic heterocycles. The van der Waals surface area contributed by atoms with E-state index in [-0.39, 0.29) is 102 Å². The van der Waals surface area contributed by atoms with Gasteiger partial charge in [-0.2, -0.15) is 9.97 Å². The molecule has 58 heavy (non-hydrogen) atoms. The van der Waals surface area contributed by atoms with Gasteiger partial charge in [0.15, 0.2) is 5.82 Å². The summed E-state index contributed by atoms with van der Waals surface area (Å²) in [4.78, 5) is 45.0. The number of esters is 1. The Kier molecular flexibility index (Phi) is 8.92. The number of ether oxygens (including phenoxy) is 3. The third-order valence-electron chi connectivity index (χ3n) is 12.7. The minimum absolute atomic E-state index is 0.0156. The third-order valence-corrected chi connectivity index (χ3v) is 12.7. The quantitative estimate of drug-likeness (QED) is 0.0876. The van der Waals surface area contributed by atoms with Gasteiger partial charge in [0.05, 0.1) is 39.9 Å². The average Bonchev–Trinajstić information content (AvgIpc) is 3.44. The van der Waals surface area contributed by atoms with Crippen LogP contribution >= 0.6 is 0 Å². The van der Waals surface area contributed by atoms with Crippen LogP contribution in [0.1, 0.15) is 64.9 Å². The summed E-state index contributed by atoms with van der Waals surface area (Å²) in [5, 5.41) is 11.4. The Morgan fingerprint density at radius 1 is 1.07 bits per heavy atom. The van der Waals surface area contributed by atoms with Crippen LogP contribution in [0.3, 0.4) is 0 Å². The number of rotatable bonds is 8. The van der Waals surface area contributed by atoms with Crippen molar-refractivity contribution in [3.63, 3.8) is 0 Å². The van der Waals surface area contributed by atoms with E-state index in [2.05, 4.69) is 20.8 Å². The second kappa shape index (κ2) is 13.6. The first kappa shape index (κ1) is 38.1. The average molecular weight is 803 g/mol. The van der Waals surface area contributed by atoms with Gasteiger partial charge in [0, 0.05) is 50.1 Å².